The average molecular weight is 533 g/mol. The molecule has 0 aliphatic heterocycles. The number of halogens is 5. The molecular weight excluding hydrogens is 512 g/mol. The van der Waals surface area contributed by atoms with Gasteiger partial charge in [0.15, 0.2) is 9.84 Å². The number of aliphatic hydroxyl groups is 1. The molecule has 3 aromatic rings. The molecule has 0 radical (unpaired) electrons. The molecular formula is C23H21ClF4N2O4S. The molecule has 1 aromatic heterocycles. The van der Waals surface area contributed by atoms with Gasteiger partial charge in [-0.15, -0.1) is 0 Å². The van der Waals surface area contributed by atoms with Crippen LogP contribution < -0.4 is 5.32 Å². The van der Waals surface area contributed by atoms with Crippen LogP contribution in [0.4, 0.5) is 23.2 Å². The standard InChI is InChI=1S/C23H21ClF4N2O4S/c1-12(31)8-16-11-17(22(32)29-15-5-7-21(19(24)10-15)35(3,33)34)13(2)30(16)20-6-4-14(25)9-18(20)23(26,27)28/h4-7,9-12,31H,8H2,1-3H3,(H,29,32). The SMILES string of the molecule is Cc1c(C(=O)Nc2ccc(S(C)(=O)=O)c(Cl)c2)cc(CC(C)O)n1-c1ccc(F)cc1C(F)(F)F. The minimum absolute atomic E-state index is 0.00131. The lowest BCUT2D eigenvalue weighted by atomic mass is 10.1. The quantitative estimate of drug-likeness (QED) is 0.428. The second-order valence-corrected chi connectivity index (χ2v) is 10.4. The fourth-order valence-electron chi connectivity index (χ4n) is 3.70. The number of amides is 1. The van der Waals surface area contributed by atoms with Gasteiger partial charge in [-0.05, 0) is 56.3 Å². The van der Waals surface area contributed by atoms with E-state index in [1.165, 1.54) is 38.1 Å². The fraction of sp³-hybridized carbons (Fsp3) is 0.261. The Morgan fingerprint density at radius 3 is 2.37 bits per heavy atom. The van der Waals surface area contributed by atoms with Gasteiger partial charge < -0.3 is 15.0 Å². The van der Waals surface area contributed by atoms with Gasteiger partial charge in [-0.2, -0.15) is 13.2 Å². The first kappa shape index (κ1) is 26.7. The Morgan fingerprint density at radius 1 is 1.17 bits per heavy atom. The third kappa shape index (κ3) is 5.85. The number of nitrogens with one attached hydrogen (secondary N) is 1. The highest BCUT2D eigenvalue weighted by Gasteiger charge is 2.35. The van der Waals surface area contributed by atoms with E-state index in [0.29, 0.717) is 6.07 Å². The maximum Gasteiger partial charge on any atom is 0.418 e. The van der Waals surface area contributed by atoms with Crippen molar-refractivity contribution in [2.75, 3.05) is 11.6 Å². The average Bonchev–Trinajstić information content (AvgIpc) is 3.01. The largest absolute Gasteiger partial charge is 0.418 e. The summed E-state index contributed by atoms with van der Waals surface area (Å²) in [6, 6.07) is 7.33. The maximum atomic E-state index is 13.7. The number of hydrogen-bond donors (Lipinski definition) is 2. The number of hydrogen-bond acceptors (Lipinski definition) is 4. The molecule has 2 N–H and O–H groups in total. The van der Waals surface area contributed by atoms with Crippen molar-refractivity contribution in [3.05, 3.63) is 75.8 Å². The number of aromatic nitrogens is 1. The second kappa shape index (κ2) is 9.63. The summed E-state index contributed by atoms with van der Waals surface area (Å²) in [5.74, 6) is -1.78. The minimum Gasteiger partial charge on any atom is -0.393 e. The number of rotatable bonds is 6. The van der Waals surface area contributed by atoms with Crippen LogP contribution in [-0.2, 0) is 22.4 Å². The smallest absolute Gasteiger partial charge is 0.393 e. The fourth-order valence-corrected chi connectivity index (χ4v) is 5.03. The van der Waals surface area contributed by atoms with Gasteiger partial charge in [0.25, 0.3) is 5.91 Å². The molecule has 0 aliphatic carbocycles. The number of aliphatic hydroxyl groups excluding tert-OH is 1. The number of benzene rings is 2. The molecule has 35 heavy (non-hydrogen) atoms. The molecule has 0 aliphatic rings. The molecule has 0 spiro atoms. The van der Waals surface area contributed by atoms with Crippen molar-refractivity contribution in [1.82, 2.24) is 4.57 Å². The first-order valence-corrected chi connectivity index (χ1v) is 12.4. The summed E-state index contributed by atoms with van der Waals surface area (Å²) in [4.78, 5) is 12.9. The predicted octanol–water partition coefficient (Wildman–Crippen LogP) is 5.18. The summed E-state index contributed by atoms with van der Waals surface area (Å²) in [6.07, 6.45) is -4.93. The Kier molecular flexibility index (Phi) is 7.35. The van der Waals surface area contributed by atoms with Crippen LogP contribution in [0.5, 0.6) is 0 Å². The Labute approximate surface area is 204 Å². The lowest BCUT2D eigenvalue weighted by Crippen LogP contribution is -2.16. The number of sulfone groups is 1. The lowest BCUT2D eigenvalue weighted by Gasteiger charge is -2.18. The van der Waals surface area contributed by atoms with Crippen molar-refractivity contribution in [2.24, 2.45) is 0 Å². The first-order valence-electron chi connectivity index (χ1n) is 10.2. The lowest BCUT2D eigenvalue weighted by molar-refractivity contribution is -0.137. The van der Waals surface area contributed by atoms with Gasteiger partial charge in [0, 0.05) is 29.8 Å². The van der Waals surface area contributed by atoms with Gasteiger partial charge >= 0.3 is 6.18 Å². The van der Waals surface area contributed by atoms with Crippen molar-refractivity contribution < 1.29 is 35.9 Å². The summed E-state index contributed by atoms with van der Waals surface area (Å²) in [5.41, 5.74) is -1.15. The summed E-state index contributed by atoms with van der Waals surface area (Å²) in [6.45, 7) is 2.86. The molecule has 12 heteroatoms. The highest BCUT2D eigenvalue weighted by atomic mass is 35.5. The zero-order valence-electron chi connectivity index (χ0n) is 18.7. The van der Waals surface area contributed by atoms with Crippen LogP contribution in [0.25, 0.3) is 5.69 Å². The van der Waals surface area contributed by atoms with Crippen molar-refractivity contribution >= 4 is 33.0 Å². The number of carbonyl (C=O) groups excluding carboxylic acids is 1. The third-order valence-electron chi connectivity index (χ3n) is 5.17. The van der Waals surface area contributed by atoms with E-state index >= 15 is 0 Å². The molecule has 0 saturated heterocycles. The summed E-state index contributed by atoms with van der Waals surface area (Å²) in [5, 5.41) is 12.3. The van der Waals surface area contributed by atoms with Crippen molar-refractivity contribution in [1.29, 1.82) is 0 Å². The van der Waals surface area contributed by atoms with E-state index < -0.39 is 45.1 Å². The van der Waals surface area contributed by atoms with Crippen molar-refractivity contribution in [2.45, 2.75) is 37.4 Å². The molecule has 0 bridgehead atoms. The van der Waals surface area contributed by atoms with Gasteiger partial charge in [-0.25, -0.2) is 12.8 Å². The molecule has 1 atom stereocenters. The molecule has 0 saturated carbocycles. The highest BCUT2D eigenvalue weighted by molar-refractivity contribution is 7.90. The summed E-state index contributed by atoms with van der Waals surface area (Å²) in [7, 11) is -3.59. The van der Waals surface area contributed by atoms with Crippen LogP contribution >= 0.6 is 11.6 Å². The zero-order valence-corrected chi connectivity index (χ0v) is 20.3. The first-order chi connectivity index (χ1) is 16.1. The van der Waals surface area contributed by atoms with Crippen molar-refractivity contribution in [3.63, 3.8) is 0 Å². The maximum absolute atomic E-state index is 13.7. The molecule has 188 valence electrons. The highest BCUT2D eigenvalue weighted by Crippen LogP contribution is 2.36. The van der Waals surface area contributed by atoms with Gasteiger partial charge in [0.2, 0.25) is 0 Å². The number of nitrogens with zero attached hydrogens (tertiary/aromatic N) is 1. The molecule has 1 unspecified atom stereocenters. The minimum atomic E-state index is -4.88. The van der Waals surface area contributed by atoms with Crippen molar-refractivity contribution in [3.8, 4) is 5.69 Å². The topological polar surface area (TPSA) is 88.4 Å². The van der Waals surface area contributed by atoms with Crippen LogP contribution in [0.3, 0.4) is 0 Å². The number of anilines is 1. The van der Waals surface area contributed by atoms with E-state index in [4.69, 9.17) is 11.6 Å². The van der Waals surface area contributed by atoms with E-state index in [1.807, 2.05) is 0 Å². The van der Waals surface area contributed by atoms with E-state index in [2.05, 4.69) is 5.32 Å². The van der Waals surface area contributed by atoms with Crippen LogP contribution in [0.2, 0.25) is 5.02 Å². The summed E-state index contributed by atoms with van der Waals surface area (Å²) < 4.78 is 79.3. The van der Waals surface area contributed by atoms with E-state index in [1.54, 1.807) is 0 Å². The Bertz CT molecular complexity index is 1400. The van der Waals surface area contributed by atoms with Gasteiger partial charge in [-0.1, -0.05) is 11.6 Å². The third-order valence-corrected chi connectivity index (χ3v) is 6.75. The van der Waals surface area contributed by atoms with E-state index in [0.717, 1.165) is 23.0 Å². The Balaban J connectivity index is 2.10. The van der Waals surface area contributed by atoms with Crippen LogP contribution in [-0.4, -0.2) is 36.4 Å². The Hall–Kier alpha value is -2.89. The normalized spacial score (nSPS) is 13.1. The van der Waals surface area contributed by atoms with Gasteiger partial charge in [0.05, 0.1) is 32.8 Å². The number of carbonyl (C=O) groups is 1. The second-order valence-electron chi connectivity index (χ2n) is 8.05. The Morgan fingerprint density at radius 2 is 1.83 bits per heavy atom. The van der Waals surface area contributed by atoms with Crippen LogP contribution in [0.1, 0.15) is 34.2 Å². The van der Waals surface area contributed by atoms with Crippen LogP contribution in [0.15, 0.2) is 47.4 Å². The summed E-state index contributed by atoms with van der Waals surface area (Å²) >= 11 is 6.01. The molecule has 6 nitrogen and oxygen atoms in total. The molecule has 3 rings (SSSR count). The molecule has 1 heterocycles. The zero-order chi connectivity index (χ0) is 26.3. The molecule has 0 fully saturated rings. The molecule has 2 aromatic carbocycles. The van der Waals surface area contributed by atoms with Crippen LogP contribution in [0, 0.1) is 12.7 Å². The monoisotopic (exact) mass is 532 g/mol. The van der Waals surface area contributed by atoms with Gasteiger partial charge in [-0.3, -0.25) is 4.79 Å². The van der Waals surface area contributed by atoms with Gasteiger partial charge in [0.1, 0.15) is 5.82 Å². The predicted molar refractivity (Wildman–Crippen MR) is 123 cm³/mol. The van der Waals surface area contributed by atoms with E-state index in [9.17, 15) is 35.9 Å². The molecule has 1 amide bonds. The van der Waals surface area contributed by atoms with E-state index in [-0.39, 0.29) is 39.0 Å². The number of alkyl halides is 3.